The topological polar surface area (TPSA) is 54.0 Å². The summed E-state index contributed by atoms with van der Waals surface area (Å²) < 4.78 is 0. The van der Waals surface area contributed by atoms with E-state index in [1.165, 1.54) is 6.42 Å². The van der Waals surface area contributed by atoms with Crippen molar-refractivity contribution in [2.45, 2.75) is 33.1 Å². The Morgan fingerprint density at radius 2 is 2.17 bits per heavy atom. The third-order valence-electron chi connectivity index (χ3n) is 2.78. The van der Waals surface area contributed by atoms with Crippen LogP contribution in [0.2, 0.25) is 0 Å². The van der Waals surface area contributed by atoms with Crippen LogP contribution in [0.4, 0.5) is 5.69 Å². The number of carbonyl (C=O) groups excluding carboxylic acids is 1. The maximum Gasteiger partial charge on any atom is 0.269 e. The molecule has 0 fully saturated rings. The lowest BCUT2D eigenvalue weighted by atomic mass is 10.1. The molecule has 0 saturated carbocycles. The molecular formula is C14H23N3O. The number of aromatic nitrogens is 1. The van der Waals surface area contributed by atoms with Gasteiger partial charge in [-0.3, -0.25) is 9.78 Å². The molecule has 4 heteroatoms. The molecule has 1 aromatic heterocycles. The summed E-state index contributed by atoms with van der Waals surface area (Å²) in [7, 11) is 1.82. The first-order chi connectivity index (χ1) is 8.63. The summed E-state index contributed by atoms with van der Waals surface area (Å²) in [6.07, 6.45) is 5.03. The smallest absolute Gasteiger partial charge is 0.269 e. The van der Waals surface area contributed by atoms with Crippen LogP contribution in [0.25, 0.3) is 0 Å². The van der Waals surface area contributed by atoms with Gasteiger partial charge < -0.3 is 10.6 Å². The second kappa shape index (κ2) is 7.69. The number of nitrogens with zero attached hydrogens (tertiary/aromatic N) is 1. The molecule has 0 radical (unpaired) electrons. The zero-order valence-electron chi connectivity index (χ0n) is 11.5. The van der Waals surface area contributed by atoms with E-state index in [-0.39, 0.29) is 5.91 Å². The van der Waals surface area contributed by atoms with Gasteiger partial charge in [0.25, 0.3) is 5.91 Å². The normalized spacial score (nSPS) is 10.4. The average Bonchev–Trinajstić information content (AvgIpc) is 2.37. The monoisotopic (exact) mass is 249 g/mol. The maximum atomic E-state index is 11.8. The van der Waals surface area contributed by atoms with Crippen molar-refractivity contribution in [2.24, 2.45) is 5.92 Å². The van der Waals surface area contributed by atoms with E-state index in [0.29, 0.717) is 5.69 Å². The van der Waals surface area contributed by atoms with Crippen LogP contribution < -0.4 is 10.6 Å². The van der Waals surface area contributed by atoms with Crippen LogP contribution in [0, 0.1) is 5.92 Å². The predicted molar refractivity (Wildman–Crippen MR) is 74.8 cm³/mol. The molecule has 0 aliphatic carbocycles. The summed E-state index contributed by atoms with van der Waals surface area (Å²) in [5.74, 6) is 0.631. The van der Waals surface area contributed by atoms with Gasteiger partial charge in [-0.1, -0.05) is 26.7 Å². The second-order valence-electron chi connectivity index (χ2n) is 4.83. The molecule has 18 heavy (non-hydrogen) atoms. The molecule has 0 unspecified atom stereocenters. The Morgan fingerprint density at radius 3 is 2.83 bits per heavy atom. The summed E-state index contributed by atoms with van der Waals surface area (Å²) in [5, 5.41) is 5.89. The Morgan fingerprint density at radius 1 is 1.39 bits per heavy atom. The van der Waals surface area contributed by atoms with Crippen molar-refractivity contribution in [1.82, 2.24) is 10.3 Å². The second-order valence-corrected chi connectivity index (χ2v) is 4.83. The molecule has 100 valence electrons. The zero-order valence-corrected chi connectivity index (χ0v) is 11.5. The summed E-state index contributed by atoms with van der Waals surface area (Å²) in [5.41, 5.74) is 1.36. The number of hydrogen-bond donors (Lipinski definition) is 2. The molecule has 1 aromatic rings. The van der Waals surface area contributed by atoms with Crippen LogP contribution in [0.1, 0.15) is 43.6 Å². The number of unbranched alkanes of at least 4 members (excludes halogenated alkanes) is 1. The molecule has 0 bridgehead atoms. The minimum atomic E-state index is -0.100. The standard InChI is InChI=1S/C14H23N3O/c1-11(2)6-4-5-8-17-14(18)13-10-12(15-3)7-9-16-13/h7,9-11H,4-6,8H2,1-3H3,(H,15,16)(H,17,18). The molecule has 0 aliphatic heterocycles. The van der Waals surface area contributed by atoms with E-state index in [9.17, 15) is 4.79 Å². The minimum Gasteiger partial charge on any atom is -0.388 e. The number of rotatable bonds is 7. The quantitative estimate of drug-likeness (QED) is 0.730. The average molecular weight is 249 g/mol. The van der Waals surface area contributed by atoms with Crippen LogP contribution in [0.5, 0.6) is 0 Å². The third kappa shape index (κ3) is 5.17. The van der Waals surface area contributed by atoms with Crippen molar-refractivity contribution < 1.29 is 4.79 Å². The van der Waals surface area contributed by atoms with Crippen molar-refractivity contribution in [3.05, 3.63) is 24.0 Å². The Kier molecular flexibility index (Phi) is 6.19. The summed E-state index contributed by atoms with van der Waals surface area (Å²) in [6, 6.07) is 3.59. The summed E-state index contributed by atoms with van der Waals surface area (Å²) in [4.78, 5) is 15.9. The fraction of sp³-hybridized carbons (Fsp3) is 0.571. The van der Waals surface area contributed by atoms with E-state index in [1.807, 2.05) is 13.1 Å². The van der Waals surface area contributed by atoms with Crippen molar-refractivity contribution in [1.29, 1.82) is 0 Å². The zero-order chi connectivity index (χ0) is 13.4. The molecular weight excluding hydrogens is 226 g/mol. The highest BCUT2D eigenvalue weighted by atomic mass is 16.1. The highest BCUT2D eigenvalue weighted by Crippen LogP contribution is 2.07. The maximum absolute atomic E-state index is 11.8. The Labute approximate surface area is 109 Å². The van der Waals surface area contributed by atoms with E-state index in [1.54, 1.807) is 12.3 Å². The fourth-order valence-corrected chi connectivity index (χ4v) is 1.68. The van der Waals surface area contributed by atoms with Gasteiger partial charge >= 0.3 is 0 Å². The number of carbonyl (C=O) groups is 1. The summed E-state index contributed by atoms with van der Waals surface area (Å²) in [6.45, 7) is 5.15. The largest absolute Gasteiger partial charge is 0.388 e. The molecule has 0 saturated heterocycles. The lowest BCUT2D eigenvalue weighted by Crippen LogP contribution is -2.25. The number of anilines is 1. The third-order valence-corrected chi connectivity index (χ3v) is 2.78. The van der Waals surface area contributed by atoms with Gasteiger partial charge in [-0.05, 0) is 24.5 Å². The van der Waals surface area contributed by atoms with E-state index in [0.717, 1.165) is 31.0 Å². The molecule has 0 atom stereocenters. The van der Waals surface area contributed by atoms with Gasteiger partial charge in [-0.15, -0.1) is 0 Å². The molecule has 0 aromatic carbocycles. The van der Waals surface area contributed by atoms with Crippen molar-refractivity contribution in [3.63, 3.8) is 0 Å². The molecule has 0 aliphatic rings. The Hall–Kier alpha value is -1.58. The Bertz CT molecular complexity index is 377. The van der Waals surface area contributed by atoms with Gasteiger partial charge in [0.05, 0.1) is 0 Å². The van der Waals surface area contributed by atoms with Gasteiger partial charge in [-0.25, -0.2) is 0 Å². The van der Waals surface area contributed by atoms with Crippen molar-refractivity contribution >= 4 is 11.6 Å². The first kappa shape index (κ1) is 14.5. The van der Waals surface area contributed by atoms with E-state index < -0.39 is 0 Å². The van der Waals surface area contributed by atoms with Gasteiger partial charge in [0.1, 0.15) is 5.69 Å². The molecule has 1 rings (SSSR count). The number of hydrogen-bond acceptors (Lipinski definition) is 3. The van der Waals surface area contributed by atoms with E-state index in [4.69, 9.17) is 0 Å². The van der Waals surface area contributed by atoms with Crippen molar-refractivity contribution in [3.8, 4) is 0 Å². The van der Waals surface area contributed by atoms with Crippen LogP contribution in [-0.2, 0) is 0 Å². The molecule has 1 amide bonds. The summed E-state index contributed by atoms with van der Waals surface area (Å²) >= 11 is 0. The van der Waals surface area contributed by atoms with Gasteiger partial charge in [0.2, 0.25) is 0 Å². The van der Waals surface area contributed by atoms with E-state index >= 15 is 0 Å². The lowest BCUT2D eigenvalue weighted by molar-refractivity contribution is 0.0948. The number of nitrogens with one attached hydrogen (secondary N) is 2. The molecule has 2 N–H and O–H groups in total. The van der Waals surface area contributed by atoms with Crippen LogP contribution in [0.3, 0.4) is 0 Å². The number of amides is 1. The van der Waals surface area contributed by atoms with Crippen LogP contribution >= 0.6 is 0 Å². The first-order valence-corrected chi connectivity index (χ1v) is 6.55. The predicted octanol–water partition coefficient (Wildman–Crippen LogP) is 2.68. The minimum absolute atomic E-state index is 0.100. The molecule has 4 nitrogen and oxygen atoms in total. The Balaban J connectivity index is 2.31. The fourth-order valence-electron chi connectivity index (χ4n) is 1.68. The van der Waals surface area contributed by atoms with Crippen LogP contribution in [-0.4, -0.2) is 24.5 Å². The van der Waals surface area contributed by atoms with Gasteiger partial charge in [0, 0.05) is 25.5 Å². The molecule has 1 heterocycles. The molecule has 0 spiro atoms. The number of pyridine rings is 1. The first-order valence-electron chi connectivity index (χ1n) is 6.55. The lowest BCUT2D eigenvalue weighted by Gasteiger charge is -2.07. The van der Waals surface area contributed by atoms with Gasteiger partial charge in [0.15, 0.2) is 0 Å². The highest BCUT2D eigenvalue weighted by molar-refractivity contribution is 5.93. The SMILES string of the molecule is CNc1ccnc(C(=O)NCCCCC(C)C)c1. The van der Waals surface area contributed by atoms with Crippen LogP contribution in [0.15, 0.2) is 18.3 Å². The van der Waals surface area contributed by atoms with Crippen molar-refractivity contribution in [2.75, 3.05) is 18.9 Å². The highest BCUT2D eigenvalue weighted by Gasteiger charge is 2.06. The van der Waals surface area contributed by atoms with E-state index in [2.05, 4.69) is 29.5 Å². The van der Waals surface area contributed by atoms with Gasteiger partial charge in [-0.2, -0.15) is 0 Å².